The fourth-order valence-electron chi connectivity index (χ4n) is 2.58. The summed E-state index contributed by atoms with van der Waals surface area (Å²) in [6.45, 7) is -2.21. The maximum Gasteiger partial charge on any atom is 0.387 e. The first-order valence-electron chi connectivity index (χ1n) is 8.42. The molecule has 146 valence electrons. The Kier molecular flexibility index (Phi) is 7.75. The molecular weight excluding hydrogens is 372 g/mol. The quantitative estimate of drug-likeness (QED) is 0.599. The summed E-state index contributed by atoms with van der Waals surface area (Å²) in [5.41, 5.74) is 1.85. The van der Waals surface area contributed by atoms with Crippen molar-refractivity contribution in [1.82, 2.24) is 5.32 Å². The third kappa shape index (κ3) is 6.65. The first kappa shape index (κ1) is 20.9. The molecule has 0 heterocycles. The third-order valence-electron chi connectivity index (χ3n) is 4.02. The molecule has 0 radical (unpaired) electrons. The highest BCUT2D eigenvalue weighted by molar-refractivity contribution is 7.80. The molecule has 0 fully saturated rings. The average molecular weight is 396 g/mol. The normalized spacial score (nSPS) is 12.0. The lowest BCUT2D eigenvalue weighted by Gasteiger charge is -2.23. The number of quaternary nitrogens is 1. The lowest BCUT2D eigenvalue weighted by Crippen LogP contribution is -3.07. The molecular formula is C19H24F2N3O2S+. The minimum atomic E-state index is -2.84. The maximum absolute atomic E-state index is 12.2. The lowest BCUT2D eigenvalue weighted by atomic mass is 10.1. The van der Waals surface area contributed by atoms with Crippen molar-refractivity contribution in [3.63, 3.8) is 0 Å². The average Bonchev–Trinajstić information content (AvgIpc) is 2.63. The van der Waals surface area contributed by atoms with Gasteiger partial charge < -0.3 is 25.0 Å². The van der Waals surface area contributed by atoms with Crippen LogP contribution in [0.15, 0.2) is 48.5 Å². The van der Waals surface area contributed by atoms with Gasteiger partial charge in [0.1, 0.15) is 17.5 Å². The number of likely N-dealkylation sites (N-methyl/N-ethyl adjacent to an activating group) is 1. The number of ether oxygens (including phenoxy) is 2. The number of hydrogen-bond donors (Lipinski definition) is 3. The molecule has 3 N–H and O–H groups in total. The van der Waals surface area contributed by atoms with Crippen molar-refractivity contribution < 1.29 is 23.2 Å². The molecule has 0 amide bonds. The molecule has 5 nitrogen and oxygen atoms in total. The van der Waals surface area contributed by atoms with Gasteiger partial charge in [0, 0.05) is 11.3 Å². The minimum absolute atomic E-state index is 0.102. The molecule has 8 heteroatoms. The van der Waals surface area contributed by atoms with E-state index in [9.17, 15) is 8.78 Å². The van der Waals surface area contributed by atoms with Crippen LogP contribution < -0.4 is 25.0 Å². The second-order valence-electron chi connectivity index (χ2n) is 6.14. The maximum atomic E-state index is 12.2. The highest BCUT2D eigenvalue weighted by Crippen LogP contribution is 2.18. The van der Waals surface area contributed by atoms with E-state index in [1.54, 1.807) is 19.2 Å². The zero-order valence-corrected chi connectivity index (χ0v) is 16.3. The topological polar surface area (TPSA) is 47.0 Å². The number of nitrogens with one attached hydrogen (secondary N) is 3. The number of thiocarbonyl (C=S) groups is 1. The van der Waals surface area contributed by atoms with Crippen molar-refractivity contribution in [3.8, 4) is 11.5 Å². The summed E-state index contributed by atoms with van der Waals surface area (Å²) in [5, 5.41) is 6.69. The summed E-state index contributed by atoms with van der Waals surface area (Å²) in [6, 6.07) is 14.3. The van der Waals surface area contributed by atoms with E-state index >= 15 is 0 Å². The summed E-state index contributed by atoms with van der Waals surface area (Å²) >= 11 is 5.33. The molecule has 0 aliphatic carbocycles. The highest BCUT2D eigenvalue weighted by Gasteiger charge is 2.18. The molecule has 27 heavy (non-hydrogen) atoms. The van der Waals surface area contributed by atoms with Gasteiger partial charge in [-0.25, -0.2) is 0 Å². The van der Waals surface area contributed by atoms with Crippen LogP contribution in [-0.4, -0.2) is 39.5 Å². The van der Waals surface area contributed by atoms with Gasteiger partial charge in [0.05, 0.1) is 27.7 Å². The van der Waals surface area contributed by atoms with Gasteiger partial charge in [-0.3, -0.25) is 0 Å². The third-order valence-corrected chi connectivity index (χ3v) is 4.27. The second kappa shape index (κ2) is 10.0. The van der Waals surface area contributed by atoms with E-state index in [0.717, 1.165) is 5.75 Å². The summed E-state index contributed by atoms with van der Waals surface area (Å²) in [6.07, 6.45) is 0. The smallest absolute Gasteiger partial charge is 0.387 e. The van der Waals surface area contributed by atoms with Crippen molar-refractivity contribution >= 4 is 23.0 Å². The van der Waals surface area contributed by atoms with Gasteiger partial charge in [-0.2, -0.15) is 8.78 Å². The summed E-state index contributed by atoms with van der Waals surface area (Å²) in [4.78, 5) is 1.25. The van der Waals surface area contributed by atoms with Crippen molar-refractivity contribution in [2.24, 2.45) is 0 Å². The van der Waals surface area contributed by atoms with Crippen LogP contribution in [0.2, 0.25) is 0 Å². The van der Waals surface area contributed by atoms with Crippen LogP contribution in [0.4, 0.5) is 14.5 Å². The molecule has 0 aromatic heterocycles. The number of hydrogen-bond acceptors (Lipinski definition) is 3. The number of halogens is 2. The zero-order valence-electron chi connectivity index (χ0n) is 15.5. The molecule has 2 aromatic rings. The molecule has 0 saturated heterocycles. The Bertz CT molecular complexity index is 725. The van der Waals surface area contributed by atoms with E-state index in [0.29, 0.717) is 17.3 Å². The molecule has 0 saturated carbocycles. The van der Waals surface area contributed by atoms with Crippen molar-refractivity contribution in [3.05, 3.63) is 54.1 Å². The van der Waals surface area contributed by atoms with Crippen LogP contribution >= 0.6 is 12.2 Å². The fraction of sp³-hybridized carbons (Fsp3) is 0.316. The molecule has 0 spiro atoms. The van der Waals surface area contributed by atoms with Crippen molar-refractivity contribution in [1.29, 1.82) is 0 Å². The van der Waals surface area contributed by atoms with Crippen LogP contribution in [0, 0.1) is 0 Å². The van der Waals surface area contributed by atoms with E-state index in [4.69, 9.17) is 17.0 Å². The molecule has 2 rings (SSSR count). The van der Waals surface area contributed by atoms with Crippen molar-refractivity contribution in [2.75, 3.05) is 33.1 Å². The van der Waals surface area contributed by atoms with E-state index < -0.39 is 6.61 Å². The molecule has 0 aliphatic heterocycles. The van der Waals surface area contributed by atoms with Crippen molar-refractivity contribution in [2.45, 2.75) is 12.7 Å². The minimum Gasteiger partial charge on any atom is -0.497 e. The molecule has 2 aromatic carbocycles. The summed E-state index contributed by atoms with van der Waals surface area (Å²) in [7, 11) is 5.80. The molecule has 0 bridgehead atoms. The summed E-state index contributed by atoms with van der Waals surface area (Å²) < 4.78 is 33.9. The zero-order chi connectivity index (χ0) is 19.8. The molecule has 0 aliphatic rings. The fourth-order valence-corrected chi connectivity index (χ4v) is 2.78. The van der Waals surface area contributed by atoms with Gasteiger partial charge >= 0.3 is 6.61 Å². The van der Waals surface area contributed by atoms with Crippen LogP contribution in [0.1, 0.15) is 11.6 Å². The Hall–Kier alpha value is -2.45. The number of methoxy groups -OCH3 is 1. The number of anilines is 1. The number of alkyl halides is 2. The van der Waals surface area contributed by atoms with Crippen LogP contribution in [-0.2, 0) is 0 Å². The highest BCUT2D eigenvalue weighted by atomic mass is 32.1. The lowest BCUT2D eigenvalue weighted by molar-refractivity contribution is -0.890. The largest absolute Gasteiger partial charge is 0.497 e. The number of rotatable bonds is 8. The van der Waals surface area contributed by atoms with Gasteiger partial charge in [0.25, 0.3) is 0 Å². The monoisotopic (exact) mass is 396 g/mol. The Labute approximate surface area is 163 Å². The van der Waals surface area contributed by atoms with E-state index in [-0.39, 0.29) is 11.8 Å². The SMILES string of the molecule is COc1ccc([C@H](CNC(=S)Nc2ccc(OC(F)F)cc2)[NH+](C)C)cc1. The Balaban J connectivity index is 1.91. The van der Waals surface area contributed by atoms with E-state index in [1.165, 1.54) is 22.6 Å². The van der Waals surface area contributed by atoms with Gasteiger partial charge in [0.2, 0.25) is 0 Å². The van der Waals surface area contributed by atoms with E-state index in [1.807, 2.05) is 24.3 Å². The van der Waals surface area contributed by atoms with Crippen LogP contribution in [0.5, 0.6) is 11.5 Å². The standard InChI is InChI=1S/C19H23F2N3O2S/c1-24(2)17(13-4-8-15(25-3)9-5-13)12-22-19(27)23-14-6-10-16(11-7-14)26-18(20)21/h4-11,17-18H,12H2,1-3H3,(H2,22,23,27)/p+1/t17-/m0/s1. The molecule has 0 unspecified atom stereocenters. The van der Waals surface area contributed by atoms with Crippen LogP contribution in [0.25, 0.3) is 0 Å². The van der Waals surface area contributed by atoms with Crippen LogP contribution in [0.3, 0.4) is 0 Å². The Morgan fingerprint density at radius 2 is 1.63 bits per heavy atom. The first-order valence-corrected chi connectivity index (χ1v) is 8.83. The summed E-state index contributed by atoms with van der Waals surface area (Å²) in [5.74, 6) is 0.917. The Morgan fingerprint density at radius 3 is 2.15 bits per heavy atom. The van der Waals surface area contributed by atoms with Gasteiger partial charge in [0.15, 0.2) is 5.11 Å². The first-order chi connectivity index (χ1) is 12.9. The predicted octanol–water partition coefficient (Wildman–Crippen LogP) is 2.47. The van der Waals surface area contributed by atoms with Gasteiger partial charge in [-0.05, 0) is 60.7 Å². The molecule has 1 atom stereocenters. The Morgan fingerprint density at radius 1 is 1.04 bits per heavy atom. The second-order valence-corrected chi connectivity index (χ2v) is 6.55. The van der Waals surface area contributed by atoms with E-state index in [2.05, 4.69) is 29.5 Å². The van der Waals surface area contributed by atoms with Gasteiger partial charge in [-0.15, -0.1) is 0 Å². The predicted molar refractivity (Wildman–Crippen MR) is 106 cm³/mol. The van der Waals surface area contributed by atoms with Gasteiger partial charge in [-0.1, -0.05) is 0 Å². The number of benzene rings is 2.